The topological polar surface area (TPSA) is 120 Å². The maximum atomic E-state index is 14.7. The van der Waals surface area contributed by atoms with Gasteiger partial charge in [0.05, 0.1) is 17.8 Å². The Morgan fingerprint density at radius 2 is 1.42 bits per heavy atom. The van der Waals surface area contributed by atoms with Gasteiger partial charge in [-0.15, -0.1) is 0 Å². The van der Waals surface area contributed by atoms with Gasteiger partial charge in [-0.05, 0) is 66.6 Å². The fraction of sp³-hybridized carbons (Fsp3) is 0.250. The molecule has 3 amide bonds. The lowest BCUT2D eigenvalue weighted by Gasteiger charge is -2.39. The number of fused-ring (bicyclic) bond motifs is 1. The number of carbonyl (C=O) groups is 3. The predicted molar refractivity (Wildman–Crippen MR) is 207 cm³/mol. The molecule has 0 saturated heterocycles. The van der Waals surface area contributed by atoms with Gasteiger partial charge in [-0.3, -0.25) is 10.1 Å². The van der Waals surface area contributed by atoms with E-state index >= 15 is 0 Å². The molecule has 4 N–H and O–H groups in total. The van der Waals surface area contributed by atoms with Crippen LogP contribution in [0.3, 0.4) is 0 Å². The molecule has 0 radical (unpaired) electrons. The van der Waals surface area contributed by atoms with E-state index in [1.54, 1.807) is 52.1 Å². The number of urea groups is 1. The van der Waals surface area contributed by atoms with Crippen LogP contribution in [0.25, 0.3) is 11.1 Å². The van der Waals surface area contributed by atoms with Gasteiger partial charge in [0, 0.05) is 25.7 Å². The second-order valence-corrected chi connectivity index (χ2v) is 14.3. The quantitative estimate of drug-likeness (QED) is 0.115. The summed E-state index contributed by atoms with van der Waals surface area (Å²) in [7, 11) is 1.57. The number of anilines is 1. The van der Waals surface area contributed by atoms with Crippen molar-refractivity contribution in [3.8, 4) is 11.1 Å². The molecule has 0 bridgehead atoms. The van der Waals surface area contributed by atoms with Crippen LogP contribution in [0.2, 0.25) is 0 Å². The Morgan fingerprint density at radius 1 is 0.811 bits per heavy atom. The number of benzene rings is 5. The molecular formula is C44H46N4O5. The van der Waals surface area contributed by atoms with Gasteiger partial charge in [-0.1, -0.05) is 127 Å². The highest BCUT2D eigenvalue weighted by atomic mass is 16.6. The van der Waals surface area contributed by atoms with E-state index in [-0.39, 0.29) is 11.9 Å². The molecule has 272 valence electrons. The molecule has 1 aliphatic heterocycles. The molecule has 5 aromatic carbocycles. The Morgan fingerprint density at radius 3 is 2.08 bits per heavy atom. The summed E-state index contributed by atoms with van der Waals surface area (Å²) in [6.45, 7) is 6.00. The molecule has 1 aliphatic rings. The molecule has 0 spiro atoms. The van der Waals surface area contributed by atoms with Crippen molar-refractivity contribution in [2.75, 3.05) is 12.4 Å². The van der Waals surface area contributed by atoms with Crippen molar-refractivity contribution >= 4 is 23.6 Å². The number of rotatable bonds is 10. The van der Waals surface area contributed by atoms with Crippen LogP contribution in [0.1, 0.15) is 54.6 Å². The molecule has 9 nitrogen and oxygen atoms in total. The van der Waals surface area contributed by atoms with Gasteiger partial charge in [-0.2, -0.15) is 0 Å². The third-order valence-corrected chi connectivity index (χ3v) is 9.40. The minimum absolute atomic E-state index is 0.161. The first-order valence-corrected chi connectivity index (χ1v) is 17.8. The summed E-state index contributed by atoms with van der Waals surface area (Å²) in [5, 5.41) is 21.7. The van der Waals surface area contributed by atoms with Crippen molar-refractivity contribution in [2.45, 2.75) is 63.6 Å². The van der Waals surface area contributed by atoms with E-state index in [9.17, 15) is 19.5 Å². The number of hydrogen-bond donors (Lipinski definition) is 4. The van der Waals surface area contributed by atoms with E-state index in [0.29, 0.717) is 36.3 Å². The minimum Gasteiger partial charge on any atom is -0.458 e. The van der Waals surface area contributed by atoms with Crippen LogP contribution in [0.5, 0.6) is 0 Å². The molecule has 0 fully saturated rings. The lowest BCUT2D eigenvalue weighted by molar-refractivity contribution is -0.183. The first-order valence-electron chi connectivity index (χ1n) is 17.8. The molecule has 0 unspecified atom stereocenters. The summed E-state index contributed by atoms with van der Waals surface area (Å²) < 4.78 is 5.88. The molecule has 53 heavy (non-hydrogen) atoms. The Labute approximate surface area is 311 Å². The Hall–Kier alpha value is -5.77. The molecule has 6 rings (SSSR count). The number of hydrogen-bond acceptors (Lipinski definition) is 6. The molecule has 3 atom stereocenters. The monoisotopic (exact) mass is 710 g/mol. The van der Waals surface area contributed by atoms with Gasteiger partial charge in [0.2, 0.25) is 11.5 Å². The van der Waals surface area contributed by atoms with Crippen molar-refractivity contribution in [1.29, 1.82) is 0 Å². The largest absolute Gasteiger partial charge is 0.458 e. The summed E-state index contributed by atoms with van der Waals surface area (Å²) in [5.74, 6) is -0.978. The highest BCUT2D eigenvalue weighted by Crippen LogP contribution is 2.39. The highest BCUT2D eigenvalue weighted by molar-refractivity contribution is 5.94. The van der Waals surface area contributed by atoms with Crippen LogP contribution in [-0.2, 0) is 39.4 Å². The second kappa shape index (κ2) is 15.9. The van der Waals surface area contributed by atoms with Crippen LogP contribution in [-0.4, -0.2) is 46.6 Å². The average molecular weight is 711 g/mol. The van der Waals surface area contributed by atoms with E-state index in [0.717, 1.165) is 27.8 Å². The number of para-hydroxylation sites is 1. The van der Waals surface area contributed by atoms with Gasteiger partial charge in [0.15, 0.2) is 0 Å². The average Bonchev–Trinajstić information content (AvgIpc) is 3.29. The standard InChI is InChI=1S/C44H46N4O5/c1-43(2,3)53-41(50)44(52,35-19-9-6-10-20-35)39(32-15-7-5-8-16-32)46-38-27-33-17-11-12-18-34(33)29-48(40(38)49)28-30-23-25-31(26-24-30)36-21-13-14-22-37(36)47-42(51)45-4/h5-26,38-39,46,52H,27-29H2,1-4H3,(H2,45,47,51)/t38-,39-,44+/m1/s1. The van der Waals surface area contributed by atoms with Crippen LogP contribution in [0.4, 0.5) is 10.5 Å². The van der Waals surface area contributed by atoms with Crippen LogP contribution < -0.4 is 16.0 Å². The summed E-state index contributed by atoms with van der Waals surface area (Å²) in [6, 6.07) is 39.4. The van der Waals surface area contributed by atoms with Gasteiger partial charge in [0.25, 0.3) is 0 Å². The number of amides is 3. The van der Waals surface area contributed by atoms with E-state index < -0.39 is 29.3 Å². The summed E-state index contributed by atoms with van der Waals surface area (Å²) in [6.07, 6.45) is 0.349. The number of carbonyl (C=O) groups excluding carboxylic acids is 3. The Kier molecular flexibility index (Phi) is 11.1. The van der Waals surface area contributed by atoms with Crippen molar-refractivity contribution in [2.24, 2.45) is 0 Å². The van der Waals surface area contributed by atoms with E-state index in [4.69, 9.17) is 4.74 Å². The molecule has 0 saturated carbocycles. The Bertz CT molecular complexity index is 2050. The first kappa shape index (κ1) is 37.0. The van der Waals surface area contributed by atoms with E-state index in [2.05, 4.69) is 16.0 Å². The predicted octanol–water partition coefficient (Wildman–Crippen LogP) is 7.12. The van der Waals surface area contributed by atoms with Gasteiger partial charge >= 0.3 is 12.0 Å². The van der Waals surface area contributed by atoms with Crippen LogP contribution in [0.15, 0.2) is 133 Å². The summed E-state index contributed by atoms with van der Waals surface area (Å²) in [4.78, 5) is 42.8. The molecule has 9 heteroatoms. The van der Waals surface area contributed by atoms with Crippen LogP contribution in [0, 0.1) is 0 Å². The maximum Gasteiger partial charge on any atom is 0.345 e. The fourth-order valence-electron chi connectivity index (χ4n) is 6.78. The third kappa shape index (κ3) is 8.49. The molecule has 0 aromatic heterocycles. The second-order valence-electron chi connectivity index (χ2n) is 14.3. The first-order chi connectivity index (χ1) is 25.5. The zero-order valence-electron chi connectivity index (χ0n) is 30.5. The number of nitrogens with zero attached hydrogens (tertiary/aromatic N) is 1. The number of aliphatic hydroxyl groups is 1. The third-order valence-electron chi connectivity index (χ3n) is 9.40. The van der Waals surface area contributed by atoms with Crippen molar-refractivity contribution in [3.05, 3.63) is 161 Å². The van der Waals surface area contributed by atoms with Crippen molar-refractivity contribution < 1.29 is 24.2 Å². The van der Waals surface area contributed by atoms with Gasteiger partial charge in [0.1, 0.15) is 5.60 Å². The zero-order valence-corrected chi connectivity index (χ0v) is 30.5. The van der Waals surface area contributed by atoms with Gasteiger partial charge < -0.3 is 25.4 Å². The lowest BCUT2D eigenvalue weighted by atomic mass is 9.81. The molecule has 1 heterocycles. The summed E-state index contributed by atoms with van der Waals surface area (Å²) in [5.41, 5.74) is 3.33. The number of esters is 1. The molecular weight excluding hydrogens is 665 g/mol. The molecule has 5 aromatic rings. The smallest absolute Gasteiger partial charge is 0.345 e. The normalized spacial score (nSPS) is 16.1. The Balaban J connectivity index is 1.35. The van der Waals surface area contributed by atoms with Crippen molar-refractivity contribution in [1.82, 2.24) is 15.5 Å². The lowest BCUT2D eigenvalue weighted by Crippen LogP contribution is -2.55. The fourth-order valence-corrected chi connectivity index (χ4v) is 6.78. The SMILES string of the molecule is CNC(=O)Nc1ccccc1-c1ccc(CN2Cc3ccccc3C[C@@H](N[C@H](c3ccccc3)[C@](O)(C(=O)OC(C)(C)C)c3ccccc3)C2=O)cc1. The number of nitrogens with one attached hydrogen (secondary N) is 3. The van der Waals surface area contributed by atoms with E-state index in [1.807, 2.05) is 114 Å². The summed E-state index contributed by atoms with van der Waals surface area (Å²) >= 11 is 0. The zero-order chi connectivity index (χ0) is 37.6. The van der Waals surface area contributed by atoms with Crippen molar-refractivity contribution in [3.63, 3.8) is 0 Å². The van der Waals surface area contributed by atoms with Gasteiger partial charge in [-0.25, -0.2) is 9.59 Å². The highest BCUT2D eigenvalue weighted by Gasteiger charge is 2.50. The van der Waals surface area contributed by atoms with E-state index in [1.165, 1.54) is 0 Å². The minimum atomic E-state index is -2.19. The molecule has 0 aliphatic carbocycles. The van der Waals surface area contributed by atoms with Crippen LogP contribution >= 0.6 is 0 Å². The number of ether oxygens (including phenoxy) is 1. The maximum absolute atomic E-state index is 14.7.